The number of hydrogen-bond acceptors (Lipinski definition) is 6. The van der Waals surface area contributed by atoms with E-state index in [-0.39, 0.29) is 11.5 Å². The maximum absolute atomic E-state index is 12.1. The van der Waals surface area contributed by atoms with Gasteiger partial charge >= 0.3 is 0 Å². The maximum Gasteiger partial charge on any atom is 0.261 e. The summed E-state index contributed by atoms with van der Waals surface area (Å²) >= 11 is 0. The molecule has 1 aromatic heterocycles. The predicted octanol–water partition coefficient (Wildman–Crippen LogP) is -0.0411. The van der Waals surface area contributed by atoms with Gasteiger partial charge in [0, 0.05) is 44.4 Å². The fourth-order valence-electron chi connectivity index (χ4n) is 2.64. The van der Waals surface area contributed by atoms with E-state index in [1.165, 1.54) is 0 Å². The largest absolute Gasteiger partial charge is 0.364 e. The van der Waals surface area contributed by atoms with Crippen molar-refractivity contribution in [2.75, 3.05) is 31.5 Å². The number of H-pyrrole nitrogens is 1. The summed E-state index contributed by atoms with van der Waals surface area (Å²) in [6.45, 7) is 7.93. The Morgan fingerprint density at radius 1 is 1.43 bits per heavy atom. The Morgan fingerprint density at radius 2 is 2.14 bits per heavy atom. The summed E-state index contributed by atoms with van der Waals surface area (Å²) in [6.07, 6.45) is 1.08. The smallest absolute Gasteiger partial charge is 0.261 e. The Kier molecular flexibility index (Phi) is 3.77. The van der Waals surface area contributed by atoms with Crippen LogP contribution < -0.4 is 16.2 Å². The van der Waals surface area contributed by atoms with Crippen molar-refractivity contribution in [3.8, 4) is 0 Å². The molecule has 0 aromatic carbocycles. The highest BCUT2D eigenvalue weighted by atomic mass is 16.1. The van der Waals surface area contributed by atoms with Crippen LogP contribution in [0.2, 0.25) is 0 Å². The fourth-order valence-corrected chi connectivity index (χ4v) is 2.64. The number of aromatic amines is 1. The first-order chi connectivity index (χ1) is 10.1. The molecule has 0 spiro atoms. The molecule has 0 aliphatic carbocycles. The van der Waals surface area contributed by atoms with E-state index in [9.17, 15) is 4.79 Å². The van der Waals surface area contributed by atoms with E-state index >= 15 is 0 Å². The number of nitrogens with one attached hydrogen (secondary N) is 4. The molecule has 0 unspecified atom stereocenters. The minimum Gasteiger partial charge on any atom is -0.364 e. The second-order valence-electron chi connectivity index (χ2n) is 6.10. The van der Waals surface area contributed by atoms with Gasteiger partial charge in [0.2, 0.25) is 0 Å². The minimum absolute atomic E-state index is 0.232. The molecular formula is C14H22N6O. The van der Waals surface area contributed by atoms with E-state index in [2.05, 4.69) is 39.3 Å². The third-order valence-electron chi connectivity index (χ3n) is 4.27. The summed E-state index contributed by atoms with van der Waals surface area (Å²) in [6, 6.07) is 0.835. The molecule has 3 heterocycles. The third-order valence-corrected chi connectivity index (χ3v) is 4.27. The summed E-state index contributed by atoms with van der Waals surface area (Å²) in [5, 5.41) is 13.9. The van der Waals surface area contributed by atoms with E-state index in [0.717, 1.165) is 32.4 Å². The molecular weight excluding hydrogens is 268 g/mol. The number of nitrogens with zero attached hydrogens (tertiary/aromatic N) is 2. The lowest BCUT2D eigenvalue weighted by atomic mass is 10.0. The van der Waals surface area contributed by atoms with Crippen molar-refractivity contribution >= 4 is 12.0 Å². The molecule has 2 aliphatic rings. The monoisotopic (exact) mass is 290 g/mol. The van der Waals surface area contributed by atoms with Crippen LogP contribution in [-0.2, 0) is 0 Å². The standard InChI is InChI=1S/C14H22N6O/c1-8(2)20-6-10(7-20)17-13-11(3-15)14(21)19-12(18-13)9-4-16-5-9/h3,8-10,15-16H,4-7H2,1-2H3,(H2,17,18,19,21). The summed E-state index contributed by atoms with van der Waals surface area (Å²) in [7, 11) is 0. The van der Waals surface area contributed by atoms with E-state index in [4.69, 9.17) is 5.41 Å². The highest BCUT2D eigenvalue weighted by molar-refractivity contribution is 5.83. The minimum atomic E-state index is -0.232. The van der Waals surface area contributed by atoms with Gasteiger partial charge in [-0.15, -0.1) is 0 Å². The van der Waals surface area contributed by atoms with Crippen molar-refractivity contribution in [2.24, 2.45) is 0 Å². The first kappa shape index (κ1) is 14.2. The molecule has 114 valence electrons. The number of hydrogen-bond donors (Lipinski definition) is 4. The van der Waals surface area contributed by atoms with Crippen LogP contribution >= 0.6 is 0 Å². The summed E-state index contributed by atoms with van der Waals surface area (Å²) in [5.41, 5.74) is 0.0819. The number of likely N-dealkylation sites (tertiary alicyclic amines) is 1. The van der Waals surface area contributed by atoms with Crippen molar-refractivity contribution in [1.82, 2.24) is 20.2 Å². The molecule has 0 atom stereocenters. The van der Waals surface area contributed by atoms with Gasteiger partial charge in [0.05, 0.1) is 11.6 Å². The SMILES string of the molecule is CC(C)N1CC(Nc2nc(C3CNC3)[nH]c(=O)c2C=N)C1. The zero-order valence-electron chi connectivity index (χ0n) is 12.4. The summed E-state index contributed by atoms with van der Waals surface area (Å²) < 4.78 is 0. The lowest BCUT2D eigenvalue weighted by Gasteiger charge is -2.42. The number of anilines is 1. The maximum atomic E-state index is 12.1. The number of rotatable bonds is 5. The van der Waals surface area contributed by atoms with Gasteiger partial charge in [0.25, 0.3) is 5.56 Å². The average molecular weight is 290 g/mol. The second-order valence-corrected chi connectivity index (χ2v) is 6.10. The highest BCUT2D eigenvalue weighted by Gasteiger charge is 2.30. The zero-order valence-corrected chi connectivity index (χ0v) is 12.4. The molecule has 21 heavy (non-hydrogen) atoms. The van der Waals surface area contributed by atoms with Crippen LogP contribution in [0.5, 0.6) is 0 Å². The molecule has 0 bridgehead atoms. The van der Waals surface area contributed by atoms with E-state index in [0.29, 0.717) is 29.3 Å². The Hall–Kier alpha value is -1.73. The van der Waals surface area contributed by atoms with Gasteiger partial charge < -0.3 is 21.0 Å². The first-order valence-electron chi connectivity index (χ1n) is 7.44. The Bertz CT molecular complexity index is 586. The van der Waals surface area contributed by atoms with Crippen molar-refractivity contribution in [1.29, 1.82) is 5.41 Å². The predicted molar refractivity (Wildman–Crippen MR) is 82.5 cm³/mol. The van der Waals surface area contributed by atoms with Crippen LogP contribution in [0.15, 0.2) is 4.79 Å². The summed E-state index contributed by atoms with van der Waals surface area (Å²) in [4.78, 5) is 21.8. The molecule has 3 rings (SSSR count). The average Bonchev–Trinajstić information content (AvgIpc) is 2.30. The third kappa shape index (κ3) is 2.71. The quantitative estimate of drug-likeness (QED) is 0.571. The fraction of sp³-hybridized carbons (Fsp3) is 0.643. The van der Waals surface area contributed by atoms with Gasteiger partial charge in [-0.3, -0.25) is 9.69 Å². The van der Waals surface area contributed by atoms with Crippen LogP contribution in [0.1, 0.15) is 31.2 Å². The van der Waals surface area contributed by atoms with Gasteiger partial charge in [-0.25, -0.2) is 4.98 Å². The summed E-state index contributed by atoms with van der Waals surface area (Å²) in [5.74, 6) is 1.53. The molecule has 2 fully saturated rings. The van der Waals surface area contributed by atoms with Crippen molar-refractivity contribution in [3.63, 3.8) is 0 Å². The van der Waals surface area contributed by atoms with Gasteiger partial charge in [0.15, 0.2) is 0 Å². The molecule has 0 radical (unpaired) electrons. The van der Waals surface area contributed by atoms with Gasteiger partial charge in [-0.1, -0.05) is 0 Å². The van der Waals surface area contributed by atoms with Crippen LogP contribution in [0.3, 0.4) is 0 Å². The first-order valence-corrected chi connectivity index (χ1v) is 7.44. The molecule has 0 saturated carbocycles. The molecule has 2 saturated heterocycles. The molecule has 2 aliphatic heterocycles. The van der Waals surface area contributed by atoms with Crippen LogP contribution in [0.4, 0.5) is 5.82 Å². The molecule has 1 aromatic rings. The van der Waals surface area contributed by atoms with Gasteiger partial charge in [-0.2, -0.15) is 0 Å². The van der Waals surface area contributed by atoms with Crippen LogP contribution in [0, 0.1) is 5.41 Å². The van der Waals surface area contributed by atoms with Crippen LogP contribution in [-0.4, -0.2) is 59.3 Å². The lowest BCUT2D eigenvalue weighted by molar-refractivity contribution is 0.122. The Labute approximate surface area is 123 Å². The Balaban J connectivity index is 1.78. The zero-order chi connectivity index (χ0) is 15.0. The van der Waals surface area contributed by atoms with Crippen LogP contribution in [0.25, 0.3) is 0 Å². The van der Waals surface area contributed by atoms with Gasteiger partial charge in [-0.05, 0) is 13.8 Å². The highest BCUT2D eigenvalue weighted by Crippen LogP contribution is 2.20. The van der Waals surface area contributed by atoms with Crippen molar-refractivity contribution < 1.29 is 0 Å². The lowest BCUT2D eigenvalue weighted by Crippen LogP contribution is -2.57. The second kappa shape index (κ2) is 5.57. The van der Waals surface area contributed by atoms with Gasteiger partial charge in [0.1, 0.15) is 11.6 Å². The number of aromatic nitrogens is 2. The Morgan fingerprint density at radius 3 is 2.67 bits per heavy atom. The molecule has 4 N–H and O–H groups in total. The van der Waals surface area contributed by atoms with E-state index < -0.39 is 0 Å². The molecule has 7 heteroatoms. The molecule has 0 amide bonds. The topological polar surface area (TPSA) is 96.9 Å². The normalized spacial score (nSPS) is 20.1. The van der Waals surface area contributed by atoms with Crippen molar-refractivity contribution in [3.05, 3.63) is 21.7 Å². The van der Waals surface area contributed by atoms with E-state index in [1.807, 2.05) is 0 Å². The van der Waals surface area contributed by atoms with E-state index in [1.54, 1.807) is 0 Å². The molecule has 7 nitrogen and oxygen atoms in total. The van der Waals surface area contributed by atoms with Crippen molar-refractivity contribution in [2.45, 2.75) is 31.8 Å².